The number of nitrogens with zero attached hydrogens (tertiary/aromatic N) is 1. The van der Waals surface area contributed by atoms with E-state index in [1.807, 2.05) is 11.9 Å². The van der Waals surface area contributed by atoms with E-state index in [-0.39, 0.29) is 5.78 Å². The van der Waals surface area contributed by atoms with Crippen LogP contribution in [0, 0.1) is 0 Å². The van der Waals surface area contributed by atoms with Crippen molar-refractivity contribution < 1.29 is 9.90 Å². The third-order valence-corrected chi connectivity index (χ3v) is 3.93. The largest absolute Gasteiger partial charge is 0.389 e. The zero-order valence-electron chi connectivity index (χ0n) is 11.2. The molecule has 0 amide bonds. The molecular formula is C15H20ClNO2. The monoisotopic (exact) mass is 281 g/mol. The molecule has 2 rings (SSSR count). The number of rotatable bonds is 5. The topological polar surface area (TPSA) is 40.5 Å². The van der Waals surface area contributed by atoms with Gasteiger partial charge in [0.2, 0.25) is 0 Å². The van der Waals surface area contributed by atoms with E-state index in [9.17, 15) is 9.90 Å². The van der Waals surface area contributed by atoms with Crippen LogP contribution in [0.1, 0.15) is 36.0 Å². The number of halogens is 1. The maximum atomic E-state index is 12.1. The van der Waals surface area contributed by atoms with E-state index < -0.39 is 5.60 Å². The lowest BCUT2D eigenvalue weighted by atomic mass is 10.0. The van der Waals surface area contributed by atoms with E-state index in [4.69, 9.17) is 11.6 Å². The smallest absolute Gasteiger partial charge is 0.176 e. The van der Waals surface area contributed by atoms with E-state index in [1.165, 1.54) is 0 Å². The fourth-order valence-electron chi connectivity index (χ4n) is 2.72. The Balaban J connectivity index is 1.89. The highest BCUT2D eigenvalue weighted by Gasteiger charge is 2.32. The highest BCUT2D eigenvalue weighted by molar-refractivity contribution is 6.30. The van der Waals surface area contributed by atoms with Crippen molar-refractivity contribution in [2.75, 3.05) is 20.1 Å². The molecule has 1 aliphatic rings. The zero-order valence-corrected chi connectivity index (χ0v) is 12.0. The molecule has 0 aromatic heterocycles. The predicted octanol–water partition coefficient (Wildman–Crippen LogP) is 2.76. The molecule has 1 saturated carbocycles. The molecule has 0 radical (unpaired) electrons. The Labute approximate surface area is 119 Å². The molecule has 104 valence electrons. The second-order valence-electron chi connectivity index (χ2n) is 5.53. The summed E-state index contributed by atoms with van der Waals surface area (Å²) in [5.41, 5.74) is 0.0596. The molecule has 1 aliphatic carbocycles. The van der Waals surface area contributed by atoms with Gasteiger partial charge in [0, 0.05) is 17.1 Å². The molecule has 1 aromatic rings. The first-order valence-electron chi connectivity index (χ1n) is 6.68. The van der Waals surface area contributed by atoms with Gasteiger partial charge in [0.1, 0.15) is 0 Å². The summed E-state index contributed by atoms with van der Waals surface area (Å²) in [5.74, 6) is 0.0563. The molecule has 4 heteroatoms. The van der Waals surface area contributed by atoms with Gasteiger partial charge in [-0.1, -0.05) is 24.4 Å². The summed E-state index contributed by atoms with van der Waals surface area (Å²) in [5, 5.41) is 10.9. The van der Waals surface area contributed by atoms with E-state index >= 15 is 0 Å². The van der Waals surface area contributed by atoms with Crippen LogP contribution in [0.2, 0.25) is 5.02 Å². The Morgan fingerprint density at radius 1 is 1.32 bits per heavy atom. The Morgan fingerprint density at radius 2 is 1.89 bits per heavy atom. The Morgan fingerprint density at radius 3 is 2.47 bits per heavy atom. The molecule has 0 saturated heterocycles. The van der Waals surface area contributed by atoms with Crippen LogP contribution in [-0.4, -0.2) is 41.5 Å². The second-order valence-corrected chi connectivity index (χ2v) is 5.97. The summed E-state index contributed by atoms with van der Waals surface area (Å²) in [6, 6.07) is 6.92. The SMILES string of the molecule is CN(CC(=O)c1ccc(Cl)cc1)CC1(O)CCCC1. The number of Topliss-reactive ketones (excluding diaryl/α,β-unsaturated/α-hetero) is 1. The molecule has 0 unspecified atom stereocenters. The Bertz CT molecular complexity index is 438. The minimum atomic E-state index is -0.602. The van der Waals surface area contributed by atoms with E-state index in [2.05, 4.69) is 0 Å². The molecule has 0 spiro atoms. The maximum absolute atomic E-state index is 12.1. The minimum Gasteiger partial charge on any atom is -0.389 e. The lowest BCUT2D eigenvalue weighted by molar-refractivity contribution is 0.0172. The van der Waals surface area contributed by atoms with Crippen LogP contribution in [0.3, 0.4) is 0 Å². The molecule has 1 N–H and O–H groups in total. The van der Waals surface area contributed by atoms with Gasteiger partial charge in [0.25, 0.3) is 0 Å². The van der Waals surface area contributed by atoms with Crippen molar-refractivity contribution in [1.29, 1.82) is 0 Å². The van der Waals surface area contributed by atoms with Crippen LogP contribution in [0.25, 0.3) is 0 Å². The van der Waals surface area contributed by atoms with Crippen molar-refractivity contribution in [3.63, 3.8) is 0 Å². The van der Waals surface area contributed by atoms with E-state index in [1.54, 1.807) is 24.3 Å². The molecule has 1 aromatic carbocycles. The highest BCUT2D eigenvalue weighted by Crippen LogP contribution is 2.29. The van der Waals surface area contributed by atoms with Gasteiger partial charge in [-0.2, -0.15) is 0 Å². The minimum absolute atomic E-state index is 0.0563. The van der Waals surface area contributed by atoms with Gasteiger partial charge in [-0.25, -0.2) is 0 Å². The van der Waals surface area contributed by atoms with Crippen LogP contribution in [-0.2, 0) is 0 Å². The number of hydrogen-bond donors (Lipinski definition) is 1. The van der Waals surface area contributed by atoms with Crippen molar-refractivity contribution in [2.24, 2.45) is 0 Å². The summed E-state index contributed by atoms with van der Waals surface area (Å²) in [6.45, 7) is 0.885. The first-order chi connectivity index (χ1) is 8.98. The lowest BCUT2D eigenvalue weighted by Gasteiger charge is -2.28. The number of likely N-dealkylation sites (N-methyl/N-ethyl adjacent to an activating group) is 1. The van der Waals surface area contributed by atoms with Crippen molar-refractivity contribution in [3.05, 3.63) is 34.9 Å². The van der Waals surface area contributed by atoms with Gasteiger partial charge in [0.05, 0.1) is 12.1 Å². The first kappa shape index (κ1) is 14.5. The van der Waals surface area contributed by atoms with Gasteiger partial charge in [-0.15, -0.1) is 0 Å². The van der Waals surface area contributed by atoms with Gasteiger partial charge < -0.3 is 5.11 Å². The number of aliphatic hydroxyl groups is 1. The maximum Gasteiger partial charge on any atom is 0.176 e. The second kappa shape index (κ2) is 6.04. The first-order valence-corrected chi connectivity index (χ1v) is 7.06. The van der Waals surface area contributed by atoms with Crippen LogP contribution < -0.4 is 0 Å². The molecule has 1 fully saturated rings. The molecule has 0 heterocycles. The quantitative estimate of drug-likeness (QED) is 0.844. The average molecular weight is 282 g/mol. The van der Waals surface area contributed by atoms with Gasteiger partial charge >= 0.3 is 0 Å². The summed E-state index contributed by atoms with van der Waals surface area (Å²) in [6.07, 6.45) is 3.84. The molecule has 0 atom stereocenters. The summed E-state index contributed by atoms with van der Waals surface area (Å²) in [7, 11) is 1.88. The standard InChI is InChI=1S/C15H20ClNO2/c1-17(11-15(19)8-2-3-9-15)10-14(18)12-4-6-13(16)7-5-12/h4-7,19H,2-3,8-11H2,1H3. The predicted molar refractivity (Wildman–Crippen MR) is 76.7 cm³/mol. The van der Waals surface area contributed by atoms with Crippen molar-refractivity contribution in [3.8, 4) is 0 Å². The van der Waals surface area contributed by atoms with E-state index in [0.717, 1.165) is 25.7 Å². The lowest BCUT2D eigenvalue weighted by Crippen LogP contribution is -2.41. The number of benzene rings is 1. The fraction of sp³-hybridized carbons (Fsp3) is 0.533. The average Bonchev–Trinajstić information content (AvgIpc) is 2.76. The number of carbonyl (C=O) groups is 1. The highest BCUT2D eigenvalue weighted by atomic mass is 35.5. The van der Waals surface area contributed by atoms with Gasteiger partial charge in [-0.3, -0.25) is 9.69 Å². The third-order valence-electron chi connectivity index (χ3n) is 3.68. The molecule has 0 aliphatic heterocycles. The fourth-order valence-corrected chi connectivity index (χ4v) is 2.85. The van der Waals surface area contributed by atoms with Crippen molar-refractivity contribution in [1.82, 2.24) is 4.90 Å². The number of carbonyl (C=O) groups excluding carboxylic acids is 1. The number of ketones is 1. The summed E-state index contributed by atoms with van der Waals surface area (Å²) >= 11 is 5.80. The normalized spacial score (nSPS) is 17.9. The summed E-state index contributed by atoms with van der Waals surface area (Å²) < 4.78 is 0. The molecular weight excluding hydrogens is 262 g/mol. The zero-order chi connectivity index (χ0) is 13.9. The third kappa shape index (κ3) is 4.03. The van der Waals surface area contributed by atoms with Crippen molar-refractivity contribution >= 4 is 17.4 Å². The Hall–Kier alpha value is -0.900. The van der Waals surface area contributed by atoms with Crippen LogP contribution in [0.15, 0.2) is 24.3 Å². The molecule has 3 nitrogen and oxygen atoms in total. The van der Waals surface area contributed by atoms with E-state index in [0.29, 0.717) is 23.7 Å². The van der Waals surface area contributed by atoms with Gasteiger partial charge in [0.15, 0.2) is 5.78 Å². The van der Waals surface area contributed by atoms with Crippen LogP contribution in [0.4, 0.5) is 0 Å². The molecule has 0 bridgehead atoms. The van der Waals surface area contributed by atoms with Gasteiger partial charge in [-0.05, 0) is 44.2 Å². The van der Waals surface area contributed by atoms with Crippen LogP contribution in [0.5, 0.6) is 0 Å². The molecule has 19 heavy (non-hydrogen) atoms. The van der Waals surface area contributed by atoms with Crippen molar-refractivity contribution in [2.45, 2.75) is 31.3 Å². The van der Waals surface area contributed by atoms with Crippen LogP contribution >= 0.6 is 11.6 Å². The summed E-state index contributed by atoms with van der Waals surface area (Å²) in [4.78, 5) is 14.0. The number of hydrogen-bond acceptors (Lipinski definition) is 3. The Kier molecular flexibility index (Phi) is 4.61.